The lowest BCUT2D eigenvalue weighted by atomic mass is 9.97. The molecule has 0 saturated carbocycles. The molecule has 4 rings (SSSR count). The number of hydrogen-bond acceptors (Lipinski definition) is 5. The summed E-state index contributed by atoms with van der Waals surface area (Å²) < 4.78 is 1.63. The summed E-state index contributed by atoms with van der Waals surface area (Å²) in [6.45, 7) is 2.01. The van der Waals surface area contributed by atoms with Crippen LogP contribution in [0.5, 0.6) is 0 Å². The van der Waals surface area contributed by atoms with Crippen molar-refractivity contribution >= 4 is 39.9 Å². The molecule has 3 heterocycles. The molecule has 148 valence electrons. The molecular formula is C19H27ClN4O2S. The first-order chi connectivity index (χ1) is 12.7. The van der Waals surface area contributed by atoms with Crippen molar-refractivity contribution in [1.82, 2.24) is 19.8 Å². The second kappa shape index (κ2) is 8.71. The lowest BCUT2D eigenvalue weighted by Crippen LogP contribution is -2.44. The number of piperidine rings is 1. The molecule has 1 aliphatic heterocycles. The SMILES string of the molecule is CNC1CCN(C(=O)CCn2cnc3sc4c(c3c2=O)CCCC4)CC1.Cl. The Morgan fingerprint density at radius 2 is 2.04 bits per heavy atom. The van der Waals surface area contributed by atoms with Crippen LogP contribution in [-0.4, -0.2) is 46.5 Å². The van der Waals surface area contributed by atoms with Crippen molar-refractivity contribution in [2.75, 3.05) is 20.1 Å². The van der Waals surface area contributed by atoms with Gasteiger partial charge in [0.15, 0.2) is 0 Å². The van der Waals surface area contributed by atoms with Gasteiger partial charge in [0.2, 0.25) is 5.91 Å². The average Bonchev–Trinajstić information content (AvgIpc) is 3.06. The summed E-state index contributed by atoms with van der Waals surface area (Å²) in [5, 5.41) is 4.08. The Morgan fingerprint density at radius 3 is 2.78 bits per heavy atom. The summed E-state index contributed by atoms with van der Waals surface area (Å²) in [5.74, 6) is 0.138. The maximum Gasteiger partial charge on any atom is 0.262 e. The van der Waals surface area contributed by atoms with Gasteiger partial charge in [-0.15, -0.1) is 23.7 Å². The average molecular weight is 411 g/mol. The van der Waals surface area contributed by atoms with Gasteiger partial charge in [0, 0.05) is 37.0 Å². The largest absolute Gasteiger partial charge is 0.343 e. The number of aromatic nitrogens is 2. The van der Waals surface area contributed by atoms with E-state index in [1.807, 2.05) is 11.9 Å². The highest BCUT2D eigenvalue weighted by atomic mass is 35.5. The van der Waals surface area contributed by atoms with Crippen molar-refractivity contribution in [1.29, 1.82) is 0 Å². The number of thiophene rings is 1. The molecular weight excluding hydrogens is 384 g/mol. The van der Waals surface area contributed by atoms with Crippen molar-refractivity contribution in [2.45, 2.75) is 57.5 Å². The van der Waals surface area contributed by atoms with E-state index in [2.05, 4.69) is 10.3 Å². The molecule has 2 aromatic rings. The summed E-state index contributed by atoms with van der Waals surface area (Å²) in [6, 6.07) is 0.512. The molecule has 2 aliphatic rings. The third-order valence-corrected chi connectivity index (χ3v) is 6.96. The first kappa shape index (κ1) is 20.3. The zero-order chi connectivity index (χ0) is 18.1. The molecule has 0 atom stereocenters. The van der Waals surface area contributed by atoms with Crippen LogP contribution in [0.1, 0.15) is 42.5 Å². The standard InChI is InChI=1S/C19H26N4O2S.ClH/c1-20-13-6-9-22(10-7-13)16(24)8-11-23-12-21-18-17(19(23)25)14-4-2-3-5-15(14)26-18;/h12-13,20H,2-11H2,1H3;1H. The first-order valence-electron chi connectivity index (χ1n) is 9.62. The molecule has 27 heavy (non-hydrogen) atoms. The van der Waals surface area contributed by atoms with E-state index < -0.39 is 0 Å². The van der Waals surface area contributed by atoms with E-state index in [9.17, 15) is 9.59 Å². The molecule has 1 amide bonds. The van der Waals surface area contributed by atoms with E-state index >= 15 is 0 Å². The molecule has 0 unspecified atom stereocenters. The molecule has 0 bridgehead atoms. The fraction of sp³-hybridized carbons (Fsp3) is 0.632. The predicted octanol–water partition coefficient (Wildman–Crippen LogP) is 2.36. The van der Waals surface area contributed by atoms with Crippen molar-refractivity contribution in [3.8, 4) is 0 Å². The summed E-state index contributed by atoms with van der Waals surface area (Å²) in [4.78, 5) is 34.0. The van der Waals surface area contributed by atoms with Gasteiger partial charge in [-0.2, -0.15) is 0 Å². The quantitative estimate of drug-likeness (QED) is 0.840. The minimum atomic E-state index is 0. The number of nitrogens with one attached hydrogen (secondary N) is 1. The highest BCUT2D eigenvalue weighted by molar-refractivity contribution is 7.18. The zero-order valence-electron chi connectivity index (χ0n) is 15.7. The fourth-order valence-corrected chi connectivity index (χ4v) is 5.35. The van der Waals surface area contributed by atoms with Gasteiger partial charge in [-0.1, -0.05) is 0 Å². The van der Waals surface area contributed by atoms with Gasteiger partial charge >= 0.3 is 0 Å². The Balaban J connectivity index is 0.00000210. The number of carbonyl (C=O) groups excluding carboxylic acids is 1. The molecule has 1 N–H and O–H groups in total. The highest BCUT2D eigenvalue weighted by Crippen LogP contribution is 2.33. The molecule has 6 nitrogen and oxygen atoms in total. The number of nitrogens with zero attached hydrogens (tertiary/aromatic N) is 3. The minimum absolute atomic E-state index is 0. The highest BCUT2D eigenvalue weighted by Gasteiger charge is 2.23. The molecule has 1 saturated heterocycles. The van der Waals surface area contributed by atoms with Crippen LogP contribution in [0.15, 0.2) is 11.1 Å². The smallest absolute Gasteiger partial charge is 0.262 e. The van der Waals surface area contributed by atoms with E-state index in [4.69, 9.17) is 0 Å². The summed E-state index contributed by atoms with van der Waals surface area (Å²) >= 11 is 1.67. The Labute approximate surface area is 169 Å². The van der Waals surface area contributed by atoms with Crippen LogP contribution in [0.2, 0.25) is 0 Å². The van der Waals surface area contributed by atoms with E-state index in [0.29, 0.717) is 19.0 Å². The maximum atomic E-state index is 12.9. The number of hydrogen-bond donors (Lipinski definition) is 1. The van der Waals surface area contributed by atoms with Crippen molar-refractivity contribution in [2.24, 2.45) is 0 Å². The predicted molar refractivity (Wildman–Crippen MR) is 111 cm³/mol. The third-order valence-electron chi connectivity index (χ3n) is 5.76. The van der Waals surface area contributed by atoms with Crippen LogP contribution in [0.25, 0.3) is 10.2 Å². The molecule has 8 heteroatoms. The molecule has 1 aliphatic carbocycles. The minimum Gasteiger partial charge on any atom is -0.343 e. The van der Waals surface area contributed by atoms with Crippen LogP contribution in [0.3, 0.4) is 0 Å². The molecule has 2 aromatic heterocycles. The van der Waals surface area contributed by atoms with Gasteiger partial charge in [-0.05, 0) is 51.1 Å². The fourth-order valence-electron chi connectivity index (χ4n) is 4.13. The Bertz CT molecular complexity index is 870. The first-order valence-corrected chi connectivity index (χ1v) is 10.4. The number of halogens is 1. The third kappa shape index (κ3) is 4.05. The van der Waals surface area contributed by atoms with E-state index in [1.165, 1.54) is 16.9 Å². The normalized spacial score (nSPS) is 17.6. The topological polar surface area (TPSA) is 67.2 Å². The number of rotatable bonds is 4. The van der Waals surface area contributed by atoms with Crippen molar-refractivity contribution < 1.29 is 4.79 Å². The van der Waals surface area contributed by atoms with Gasteiger partial charge in [0.25, 0.3) is 5.56 Å². The molecule has 0 radical (unpaired) electrons. The van der Waals surface area contributed by atoms with Gasteiger partial charge in [0.1, 0.15) is 4.83 Å². The number of amides is 1. The number of aryl methyl sites for hydroxylation is 3. The Morgan fingerprint density at radius 1 is 1.30 bits per heavy atom. The van der Waals surface area contributed by atoms with E-state index in [0.717, 1.165) is 55.4 Å². The summed E-state index contributed by atoms with van der Waals surface area (Å²) in [7, 11) is 1.97. The van der Waals surface area contributed by atoms with Crippen LogP contribution in [0, 0.1) is 0 Å². The molecule has 0 spiro atoms. The van der Waals surface area contributed by atoms with Crippen molar-refractivity contribution in [3.05, 3.63) is 27.1 Å². The van der Waals surface area contributed by atoms with E-state index in [-0.39, 0.29) is 23.9 Å². The maximum absolute atomic E-state index is 12.9. The van der Waals surface area contributed by atoms with Crippen LogP contribution < -0.4 is 10.9 Å². The Kier molecular flexibility index (Phi) is 6.55. The lowest BCUT2D eigenvalue weighted by molar-refractivity contribution is -0.132. The van der Waals surface area contributed by atoms with Crippen LogP contribution >= 0.6 is 23.7 Å². The van der Waals surface area contributed by atoms with Gasteiger partial charge < -0.3 is 10.2 Å². The van der Waals surface area contributed by atoms with Gasteiger partial charge in [0.05, 0.1) is 11.7 Å². The zero-order valence-corrected chi connectivity index (χ0v) is 17.3. The van der Waals surface area contributed by atoms with Crippen LogP contribution in [0.4, 0.5) is 0 Å². The summed E-state index contributed by atoms with van der Waals surface area (Å²) in [5.41, 5.74) is 1.24. The molecule has 1 fully saturated rings. The number of carbonyl (C=O) groups is 1. The second-order valence-corrected chi connectivity index (χ2v) is 8.41. The summed E-state index contributed by atoms with van der Waals surface area (Å²) in [6.07, 6.45) is 8.37. The van der Waals surface area contributed by atoms with Gasteiger partial charge in [-0.25, -0.2) is 4.98 Å². The van der Waals surface area contributed by atoms with E-state index in [1.54, 1.807) is 22.2 Å². The second-order valence-electron chi connectivity index (χ2n) is 7.33. The Hall–Kier alpha value is -1.44. The van der Waals surface area contributed by atoms with Gasteiger partial charge in [-0.3, -0.25) is 14.2 Å². The lowest BCUT2D eigenvalue weighted by Gasteiger charge is -2.31. The number of likely N-dealkylation sites (tertiary alicyclic amines) is 1. The number of fused-ring (bicyclic) bond motifs is 3. The van der Waals surface area contributed by atoms with Crippen LogP contribution in [-0.2, 0) is 24.2 Å². The molecule has 0 aromatic carbocycles. The monoisotopic (exact) mass is 410 g/mol. The van der Waals surface area contributed by atoms with Crippen molar-refractivity contribution in [3.63, 3.8) is 0 Å².